The molecule has 0 spiro atoms. The van der Waals surface area contributed by atoms with Crippen molar-refractivity contribution in [2.75, 3.05) is 27.0 Å². The predicted molar refractivity (Wildman–Crippen MR) is 130 cm³/mol. The van der Waals surface area contributed by atoms with Crippen LogP contribution in [0.4, 0.5) is 8.78 Å². The van der Waals surface area contributed by atoms with E-state index in [1.807, 2.05) is 0 Å². The Morgan fingerprint density at radius 3 is 2.56 bits per heavy atom. The highest BCUT2D eigenvalue weighted by Gasteiger charge is 2.22. The fourth-order valence-corrected chi connectivity index (χ4v) is 4.36. The molecule has 12 heteroatoms. The number of carbonyl (C=O) groups is 1. The number of hydrogen-bond donors (Lipinski definition) is 1. The first-order valence-corrected chi connectivity index (χ1v) is 12.3. The lowest BCUT2D eigenvalue weighted by Gasteiger charge is -2.13. The number of carbonyl (C=O) groups excluding carboxylic acids is 1. The van der Waals surface area contributed by atoms with Crippen LogP contribution in [0.15, 0.2) is 52.5 Å². The number of pyridine rings is 1. The third-order valence-corrected chi connectivity index (χ3v) is 6.49. The van der Waals surface area contributed by atoms with Crippen LogP contribution in [0.3, 0.4) is 0 Å². The van der Waals surface area contributed by atoms with Crippen LogP contribution >= 0.6 is 0 Å². The van der Waals surface area contributed by atoms with E-state index in [9.17, 15) is 22.9 Å². The zero-order valence-electron chi connectivity index (χ0n) is 20.0. The summed E-state index contributed by atoms with van der Waals surface area (Å²) in [4.78, 5) is 31.9. The molecule has 0 saturated heterocycles. The van der Waals surface area contributed by atoms with Gasteiger partial charge in [-0.25, -0.2) is 8.78 Å². The number of amides is 1. The minimum atomic E-state index is -2.91. The molecule has 0 aliphatic rings. The van der Waals surface area contributed by atoms with E-state index in [4.69, 9.17) is 9.47 Å². The maximum atomic E-state index is 13.6. The minimum Gasteiger partial charge on any atom is -0.609 e. The second-order valence-electron chi connectivity index (χ2n) is 7.66. The van der Waals surface area contributed by atoms with Crippen molar-refractivity contribution in [3.05, 3.63) is 64.2 Å². The number of nitrogens with zero attached hydrogens (tertiary/aromatic N) is 3. The molecule has 1 aromatic carbocycles. The number of benzene rings is 1. The standard InChI is InChI=1S/C24H26F2N4O5S/c1-27-21(31)5-4-10-36(33)24-28-17(12-18(29-24)23(25)26)16-7-9-22(32)30(14-16)13-15-6-8-19(34-2)20(11-15)35-3/h6-9,11-12,14,23H,4-5,10,13H2,1-3H3,(H,27,31). The van der Waals surface area contributed by atoms with Crippen LogP contribution < -0.4 is 20.3 Å². The molecule has 0 bridgehead atoms. The van der Waals surface area contributed by atoms with Gasteiger partial charge in [0.05, 0.1) is 26.5 Å². The summed E-state index contributed by atoms with van der Waals surface area (Å²) in [6, 6.07) is 9.10. The number of rotatable bonds is 11. The smallest absolute Gasteiger partial charge is 0.343 e. The molecule has 9 nitrogen and oxygen atoms in total. The summed E-state index contributed by atoms with van der Waals surface area (Å²) in [5.41, 5.74) is 0.349. The first kappa shape index (κ1) is 27.1. The van der Waals surface area contributed by atoms with Gasteiger partial charge in [0, 0.05) is 48.9 Å². The average Bonchev–Trinajstić information content (AvgIpc) is 2.89. The molecule has 2 heterocycles. The van der Waals surface area contributed by atoms with Gasteiger partial charge < -0.3 is 23.9 Å². The number of methoxy groups -OCH3 is 2. The van der Waals surface area contributed by atoms with Crippen LogP contribution in [0.1, 0.15) is 30.5 Å². The quantitative estimate of drug-likeness (QED) is 0.305. The molecule has 36 heavy (non-hydrogen) atoms. The molecule has 1 amide bonds. The van der Waals surface area contributed by atoms with Crippen molar-refractivity contribution in [1.82, 2.24) is 19.9 Å². The second kappa shape index (κ2) is 12.5. The van der Waals surface area contributed by atoms with E-state index in [0.29, 0.717) is 17.1 Å². The summed E-state index contributed by atoms with van der Waals surface area (Å²) >= 11 is -1.79. The van der Waals surface area contributed by atoms with Crippen LogP contribution in [0.25, 0.3) is 11.3 Å². The maximum absolute atomic E-state index is 13.6. The SMILES string of the molecule is CNC(=O)CCC[S+]([O-])c1nc(-c2ccc(=O)n(Cc3ccc(OC)c(OC)c3)c2)cc(C(F)F)n1. The Bertz CT molecular complexity index is 1270. The monoisotopic (exact) mass is 520 g/mol. The van der Waals surface area contributed by atoms with Crippen LogP contribution in [-0.2, 0) is 22.5 Å². The highest BCUT2D eigenvalue weighted by atomic mass is 32.2. The number of alkyl halides is 2. The number of halogens is 2. The second-order valence-corrected chi connectivity index (χ2v) is 9.13. The number of hydrogen-bond acceptors (Lipinski definition) is 7. The fraction of sp³-hybridized carbons (Fsp3) is 0.333. The molecule has 3 rings (SSSR count). The molecule has 3 aromatic rings. The highest BCUT2D eigenvalue weighted by molar-refractivity contribution is 7.91. The van der Waals surface area contributed by atoms with Gasteiger partial charge in [-0.15, -0.1) is 0 Å². The van der Waals surface area contributed by atoms with Crippen molar-refractivity contribution in [2.45, 2.75) is 31.0 Å². The zero-order valence-corrected chi connectivity index (χ0v) is 20.8. The molecule has 0 saturated carbocycles. The Morgan fingerprint density at radius 2 is 1.89 bits per heavy atom. The fourth-order valence-electron chi connectivity index (χ4n) is 3.37. The van der Waals surface area contributed by atoms with Gasteiger partial charge >= 0.3 is 5.16 Å². The van der Waals surface area contributed by atoms with E-state index in [-0.39, 0.29) is 47.5 Å². The van der Waals surface area contributed by atoms with E-state index in [1.165, 1.54) is 44.2 Å². The van der Waals surface area contributed by atoms with Gasteiger partial charge in [-0.2, -0.15) is 9.97 Å². The van der Waals surface area contributed by atoms with E-state index < -0.39 is 23.3 Å². The Labute approximate surface area is 209 Å². The van der Waals surface area contributed by atoms with Crippen molar-refractivity contribution in [3.63, 3.8) is 0 Å². The van der Waals surface area contributed by atoms with Crippen molar-refractivity contribution in [3.8, 4) is 22.8 Å². The van der Waals surface area contributed by atoms with E-state index in [0.717, 1.165) is 11.6 Å². The average molecular weight is 521 g/mol. The lowest BCUT2D eigenvalue weighted by atomic mass is 10.1. The predicted octanol–water partition coefficient (Wildman–Crippen LogP) is 2.94. The molecule has 1 atom stereocenters. The van der Waals surface area contributed by atoms with Gasteiger partial charge in [0.15, 0.2) is 11.5 Å². The first-order chi connectivity index (χ1) is 17.2. The molecular formula is C24H26F2N4O5S. The zero-order chi connectivity index (χ0) is 26.2. The Balaban J connectivity index is 1.92. The van der Waals surface area contributed by atoms with Gasteiger partial charge in [0.1, 0.15) is 11.4 Å². The third-order valence-electron chi connectivity index (χ3n) is 5.25. The largest absolute Gasteiger partial charge is 0.609 e. The molecular weight excluding hydrogens is 494 g/mol. The molecule has 0 aliphatic heterocycles. The lowest BCUT2D eigenvalue weighted by molar-refractivity contribution is -0.120. The van der Waals surface area contributed by atoms with Crippen molar-refractivity contribution < 1.29 is 27.6 Å². The molecule has 1 unspecified atom stereocenters. The van der Waals surface area contributed by atoms with Crippen molar-refractivity contribution in [2.24, 2.45) is 0 Å². The minimum absolute atomic E-state index is 0.0400. The Morgan fingerprint density at radius 1 is 1.14 bits per heavy atom. The topological polar surface area (TPSA) is 118 Å². The summed E-state index contributed by atoms with van der Waals surface area (Å²) in [6.07, 6.45) is -0.995. The van der Waals surface area contributed by atoms with Crippen molar-refractivity contribution >= 4 is 17.1 Å². The first-order valence-electron chi connectivity index (χ1n) is 10.9. The normalized spacial score (nSPS) is 11.9. The Kier molecular flexibility index (Phi) is 9.37. The molecule has 192 valence electrons. The molecule has 2 aromatic heterocycles. The summed E-state index contributed by atoms with van der Waals surface area (Å²) < 4.78 is 51.7. The summed E-state index contributed by atoms with van der Waals surface area (Å²) in [7, 11) is 4.51. The van der Waals surface area contributed by atoms with E-state index in [2.05, 4.69) is 15.3 Å². The number of aromatic nitrogens is 3. The van der Waals surface area contributed by atoms with E-state index >= 15 is 0 Å². The van der Waals surface area contributed by atoms with Crippen LogP contribution in [0, 0.1) is 0 Å². The summed E-state index contributed by atoms with van der Waals surface area (Å²) in [6.45, 7) is 0.179. The van der Waals surface area contributed by atoms with Gasteiger partial charge in [-0.1, -0.05) is 6.07 Å². The molecule has 0 aliphatic carbocycles. The summed E-state index contributed by atoms with van der Waals surface area (Å²) in [5, 5.41) is 2.21. The highest BCUT2D eigenvalue weighted by Crippen LogP contribution is 2.28. The van der Waals surface area contributed by atoms with Crippen LogP contribution in [-0.4, -0.2) is 52.0 Å². The lowest BCUT2D eigenvalue weighted by Crippen LogP contribution is -2.20. The molecule has 0 radical (unpaired) electrons. The van der Waals surface area contributed by atoms with Gasteiger partial charge in [-0.05, 0) is 29.8 Å². The Hall–Kier alpha value is -3.51. The van der Waals surface area contributed by atoms with Crippen LogP contribution in [0.2, 0.25) is 0 Å². The summed E-state index contributed by atoms with van der Waals surface area (Å²) in [5.74, 6) is 0.865. The van der Waals surface area contributed by atoms with Gasteiger partial charge in [-0.3, -0.25) is 9.59 Å². The maximum Gasteiger partial charge on any atom is 0.343 e. The van der Waals surface area contributed by atoms with Crippen LogP contribution in [0.5, 0.6) is 11.5 Å². The van der Waals surface area contributed by atoms with Gasteiger partial charge in [0.2, 0.25) is 5.91 Å². The number of ether oxygens (including phenoxy) is 2. The van der Waals surface area contributed by atoms with Crippen molar-refractivity contribution in [1.29, 1.82) is 0 Å². The van der Waals surface area contributed by atoms with E-state index in [1.54, 1.807) is 18.2 Å². The molecule has 1 N–H and O–H groups in total. The molecule has 0 fully saturated rings. The number of nitrogens with one attached hydrogen (secondary N) is 1. The third kappa shape index (κ3) is 6.79. The van der Waals surface area contributed by atoms with Gasteiger partial charge in [0.25, 0.3) is 12.0 Å².